The summed E-state index contributed by atoms with van der Waals surface area (Å²) in [7, 11) is 0. The maximum absolute atomic E-state index is 12.2. The second-order valence-corrected chi connectivity index (χ2v) is 4.52. The minimum absolute atomic E-state index is 0.00403. The van der Waals surface area contributed by atoms with Crippen LogP contribution in [0.1, 0.15) is 12.1 Å². The van der Waals surface area contributed by atoms with Crippen molar-refractivity contribution in [1.29, 1.82) is 0 Å². The van der Waals surface area contributed by atoms with Gasteiger partial charge in [-0.2, -0.15) is 13.2 Å². The highest BCUT2D eigenvalue weighted by molar-refractivity contribution is 5.32. The maximum Gasteiger partial charge on any atom is 0.401 e. The first-order chi connectivity index (χ1) is 8.42. The molecule has 4 nitrogen and oxygen atoms in total. The Morgan fingerprint density at radius 1 is 1.39 bits per heavy atom. The molecule has 1 saturated heterocycles. The highest BCUT2D eigenvalue weighted by Crippen LogP contribution is 2.21. The molecule has 2 rings (SSSR count). The van der Waals surface area contributed by atoms with Gasteiger partial charge in [-0.3, -0.25) is 9.88 Å². The van der Waals surface area contributed by atoms with Gasteiger partial charge in [0.15, 0.2) is 0 Å². The number of anilines is 1. The first-order valence-electron chi connectivity index (χ1n) is 5.77. The van der Waals surface area contributed by atoms with Gasteiger partial charge in [0.1, 0.15) is 5.82 Å². The lowest BCUT2D eigenvalue weighted by molar-refractivity contribution is -0.143. The molecule has 1 fully saturated rings. The van der Waals surface area contributed by atoms with Crippen molar-refractivity contribution in [2.24, 2.45) is 0 Å². The predicted molar refractivity (Wildman–Crippen MR) is 61.3 cm³/mol. The highest BCUT2D eigenvalue weighted by Gasteiger charge is 2.34. The molecule has 1 atom stereocenters. The van der Waals surface area contributed by atoms with E-state index in [9.17, 15) is 13.2 Å². The number of alkyl halides is 3. The van der Waals surface area contributed by atoms with Crippen molar-refractivity contribution < 1.29 is 13.2 Å². The van der Waals surface area contributed by atoms with E-state index in [2.05, 4.69) is 15.3 Å². The van der Waals surface area contributed by atoms with E-state index in [1.165, 1.54) is 4.90 Å². The molecule has 18 heavy (non-hydrogen) atoms. The first-order valence-corrected chi connectivity index (χ1v) is 5.77. The van der Waals surface area contributed by atoms with Crippen molar-refractivity contribution >= 4 is 5.82 Å². The zero-order chi connectivity index (χ0) is 13.2. The fourth-order valence-corrected chi connectivity index (χ4v) is 2.02. The number of halogens is 3. The Labute approximate surface area is 103 Å². The third kappa shape index (κ3) is 3.83. The summed E-state index contributed by atoms with van der Waals surface area (Å²) in [6, 6.07) is 0.00403. The minimum atomic E-state index is -4.13. The van der Waals surface area contributed by atoms with Crippen LogP contribution in [0.15, 0.2) is 12.4 Å². The van der Waals surface area contributed by atoms with Crippen LogP contribution in [0.2, 0.25) is 0 Å². The summed E-state index contributed by atoms with van der Waals surface area (Å²) in [6.07, 6.45) is -0.212. The lowest BCUT2D eigenvalue weighted by Crippen LogP contribution is -2.34. The van der Waals surface area contributed by atoms with Crippen molar-refractivity contribution in [3.8, 4) is 0 Å². The van der Waals surface area contributed by atoms with Gasteiger partial charge in [-0.05, 0) is 13.3 Å². The molecule has 0 amide bonds. The Morgan fingerprint density at radius 2 is 2.17 bits per heavy atom. The Hall–Kier alpha value is -1.37. The number of aromatic nitrogens is 2. The van der Waals surface area contributed by atoms with Crippen LogP contribution in [0.25, 0.3) is 0 Å². The Kier molecular flexibility index (Phi) is 3.70. The molecule has 1 aliphatic heterocycles. The van der Waals surface area contributed by atoms with Crippen LogP contribution in [-0.4, -0.2) is 46.7 Å². The Balaban J connectivity index is 1.84. The van der Waals surface area contributed by atoms with Crippen molar-refractivity contribution in [2.45, 2.75) is 25.6 Å². The topological polar surface area (TPSA) is 41.1 Å². The molecule has 1 aromatic heterocycles. The van der Waals surface area contributed by atoms with Gasteiger partial charge < -0.3 is 5.32 Å². The largest absolute Gasteiger partial charge is 0.401 e. The van der Waals surface area contributed by atoms with Gasteiger partial charge in [-0.1, -0.05) is 0 Å². The molecule has 100 valence electrons. The van der Waals surface area contributed by atoms with E-state index in [0.29, 0.717) is 25.3 Å². The van der Waals surface area contributed by atoms with E-state index < -0.39 is 12.7 Å². The summed E-state index contributed by atoms with van der Waals surface area (Å²) in [4.78, 5) is 9.61. The van der Waals surface area contributed by atoms with Crippen LogP contribution in [0.5, 0.6) is 0 Å². The van der Waals surface area contributed by atoms with Gasteiger partial charge >= 0.3 is 6.18 Å². The Morgan fingerprint density at radius 3 is 2.78 bits per heavy atom. The number of nitrogens with zero attached hydrogens (tertiary/aromatic N) is 3. The lowest BCUT2D eigenvalue weighted by atomic mass is 10.2. The normalized spacial score (nSPS) is 21.2. The molecule has 0 saturated carbocycles. The summed E-state index contributed by atoms with van der Waals surface area (Å²) in [5.74, 6) is 0.611. The molecule has 0 spiro atoms. The summed E-state index contributed by atoms with van der Waals surface area (Å²) in [5.41, 5.74) is 0.811. The molecular formula is C11H15F3N4. The maximum atomic E-state index is 12.2. The van der Waals surface area contributed by atoms with E-state index in [4.69, 9.17) is 0 Å². The molecule has 1 N–H and O–H groups in total. The zero-order valence-electron chi connectivity index (χ0n) is 10.0. The van der Waals surface area contributed by atoms with Crippen LogP contribution < -0.4 is 5.32 Å². The third-order valence-corrected chi connectivity index (χ3v) is 2.81. The quantitative estimate of drug-likeness (QED) is 0.900. The van der Waals surface area contributed by atoms with Crippen molar-refractivity contribution in [2.75, 3.05) is 25.0 Å². The van der Waals surface area contributed by atoms with E-state index in [1.54, 1.807) is 12.4 Å². The zero-order valence-corrected chi connectivity index (χ0v) is 10.0. The highest BCUT2D eigenvalue weighted by atomic mass is 19.4. The first kappa shape index (κ1) is 13.1. The summed E-state index contributed by atoms with van der Waals surface area (Å²) in [6.45, 7) is 1.83. The SMILES string of the molecule is Cc1cnc(NC2CCN(CC(F)(F)F)C2)cn1. The number of rotatable bonds is 3. The van der Waals surface area contributed by atoms with Crippen LogP contribution >= 0.6 is 0 Å². The summed E-state index contributed by atoms with van der Waals surface area (Å²) < 4.78 is 36.7. The molecule has 1 aromatic rings. The van der Waals surface area contributed by atoms with Gasteiger partial charge in [0.05, 0.1) is 24.6 Å². The monoisotopic (exact) mass is 260 g/mol. The van der Waals surface area contributed by atoms with Gasteiger partial charge in [0.25, 0.3) is 0 Å². The second kappa shape index (κ2) is 5.09. The molecule has 7 heteroatoms. The molecule has 1 unspecified atom stereocenters. The van der Waals surface area contributed by atoms with Crippen molar-refractivity contribution in [1.82, 2.24) is 14.9 Å². The third-order valence-electron chi connectivity index (χ3n) is 2.81. The average Bonchev–Trinajstić information content (AvgIpc) is 2.66. The number of nitrogens with one attached hydrogen (secondary N) is 1. The summed E-state index contributed by atoms with van der Waals surface area (Å²) in [5, 5.41) is 3.10. The van der Waals surface area contributed by atoms with Crippen LogP contribution in [0.3, 0.4) is 0 Å². The van der Waals surface area contributed by atoms with Crippen molar-refractivity contribution in [3.05, 3.63) is 18.1 Å². The fourth-order valence-electron chi connectivity index (χ4n) is 2.02. The van der Waals surface area contributed by atoms with E-state index >= 15 is 0 Å². The lowest BCUT2D eigenvalue weighted by Gasteiger charge is -2.18. The molecular weight excluding hydrogens is 245 g/mol. The fraction of sp³-hybridized carbons (Fsp3) is 0.636. The second-order valence-electron chi connectivity index (χ2n) is 4.52. The number of hydrogen-bond acceptors (Lipinski definition) is 4. The van der Waals surface area contributed by atoms with Gasteiger partial charge in [-0.15, -0.1) is 0 Å². The van der Waals surface area contributed by atoms with Gasteiger partial charge in [0.2, 0.25) is 0 Å². The molecule has 0 radical (unpaired) electrons. The molecule has 2 heterocycles. The molecule has 0 aliphatic carbocycles. The van der Waals surface area contributed by atoms with Gasteiger partial charge in [-0.25, -0.2) is 4.98 Å². The van der Waals surface area contributed by atoms with E-state index in [1.807, 2.05) is 6.92 Å². The number of likely N-dealkylation sites (tertiary alicyclic amines) is 1. The number of aryl methyl sites for hydroxylation is 1. The van der Waals surface area contributed by atoms with Crippen LogP contribution in [-0.2, 0) is 0 Å². The standard InChI is InChI=1S/C11H15F3N4/c1-8-4-16-10(5-15-8)17-9-2-3-18(6-9)7-11(12,13)14/h4-5,9H,2-3,6-7H2,1H3,(H,16,17). The smallest absolute Gasteiger partial charge is 0.365 e. The molecule has 0 aromatic carbocycles. The van der Waals surface area contributed by atoms with E-state index in [0.717, 1.165) is 5.69 Å². The summed E-state index contributed by atoms with van der Waals surface area (Å²) >= 11 is 0. The van der Waals surface area contributed by atoms with E-state index in [-0.39, 0.29) is 6.04 Å². The predicted octanol–water partition coefficient (Wildman–Crippen LogP) is 1.83. The average molecular weight is 260 g/mol. The Bertz CT molecular complexity index is 390. The number of hydrogen-bond donors (Lipinski definition) is 1. The van der Waals surface area contributed by atoms with Crippen LogP contribution in [0.4, 0.5) is 19.0 Å². The van der Waals surface area contributed by atoms with Crippen molar-refractivity contribution in [3.63, 3.8) is 0 Å². The minimum Gasteiger partial charge on any atom is -0.365 e. The van der Waals surface area contributed by atoms with Gasteiger partial charge in [0, 0.05) is 19.1 Å². The molecule has 0 bridgehead atoms. The molecule has 1 aliphatic rings. The van der Waals surface area contributed by atoms with Crippen LogP contribution in [0, 0.1) is 6.92 Å².